The molecule has 2 aromatic heterocycles. The number of para-hydroxylation sites is 1. The number of carbonyl (C=O) groups excluding carboxylic acids is 2. The fourth-order valence-corrected chi connectivity index (χ4v) is 3.01. The molecular formula is C18H16ClN3O6. The topological polar surface area (TPSA) is 127 Å². The zero-order chi connectivity index (χ0) is 20.7. The molecule has 0 unspecified atom stereocenters. The number of ketones is 1. The van der Waals surface area contributed by atoms with E-state index < -0.39 is 35.2 Å². The monoisotopic (exact) mass is 405 g/mol. The Morgan fingerprint density at radius 2 is 1.89 bits per heavy atom. The smallest absolute Gasteiger partial charge is 0.375 e. The number of rotatable bonds is 4. The van der Waals surface area contributed by atoms with Gasteiger partial charge in [0.1, 0.15) is 11.4 Å². The molecular weight excluding hydrogens is 390 g/mol. The van der Waals surface area contributed by atoms with Crippen LogP contribution in [0, 0.1) is 6.92 Å². The average molecular weight is 406 g/mol. The number of anilines is 1. The summed E-state index contributed by atoms with van der Waals surface area (Å²) in [5, 5.41) is 0.971. The summed E-state index contributed by atoms with van der Waals surface area (Å²) >= 11 is 6.05. The Hall–Kier alpha value is -3.33. The first-order valence-electron chi connectivity index (χ1n) is 8.08. The van der Waals surface area contributed by atoms with E-state index in [2.05, 4.69) is 0 Å². The number of carbonyl (C=O) groups is 2. The molecule has 2 heterocycles. The van der Waals surface area contributed by atoms with Crippen molar-refractivity contribution in [3.8, 4) is 0 Å². The molecule has 3 aromatic rings. The number of aryl methyl sites for hydroxylation is 1. The summed E-state index contributed by atoms with van der Waals surface area (Å²) in [4.78, 5) is 48.8. The number of halogens is 1. The van der Waals surface area contributed by atoms with Crippen molar-refractivity contribution >= 4 is 40.1 Å². The number of Topliss-reactive ketones (excluding diaryl/α,β-unsaturated/α-hetero) is 1. The predicted molar refractivity (Wildman–Crippen MR) is 102 cm³/mol. The van der Waals surface area contributed by atoms with Crippen LogP contribution >= 0.6 is 11.6 Å². The minimum atomic E-state index is -0.890. The van der Waals surface area contributed by atoms with Gasteiger partial charge in [-0.15, -0.1) is 0 Å². The summed E-state index contributed by atoms with van der Waals surface area (Å²) in [5.41, 5.74) is 4.58. The van der Waals surface area contributed by atoms with Gasteiger partial charge in [0.15, 0.2) is 12.2 Å². The lowest BCUT2D eigenvalue weighted by atomic mass is 10.1. The molecule has 3 rings (SSSR count). The van der Waals surface area contributed by atoms with E-state index in [1.165, 1.54) is 14.1 Å². The Kier molecular flexibility index (Phi) is 4.86. The van der Waals surface area contributed by atoms with Crippen LogP contribution in [-0.4, -0.2) is 27.5 Å². The number of aromatic nitrogens is 2. The average Bonchev–Trinajstić information content (AvgIpc) is 3.01. The first-order valence-corrected chi connectivity index (χ1v) is 8.46. The van der Waals surface area contributed by atoms with Crippen molar-refractivity contribution in [3.05, 3.63) is 60.9 Å². The van der Waals surface area contributed by atoms with Crippen molar-refractivity contribution in [2.75, 3.05) is 12.3 Å². The van der Waals surface area contributed by atoms with Crippen molar-refractivity contribution in [3.63, 3.8) is 0 Å². The van der Waals surface area contributed by atoms with Crippen LogP contribution < -0.4 is 17.0 Å². The van der Waals surface area contributed by atoms with Crippen LogP contribution in [0.4, 0.5) is 5.82 Å². The van der Waals surface area contributed by atoms with E-state index in [1.54, 1.807) is 25.1 Å². The third-order valence-electron chi connectivity index (χ3n) is 4.42. The third kappa shape index (κ3) is 2.99. The number of fused-ring (bicyclic) bond motifs is 1. The predicted octanol–water partition coefficient (Wildman–Crippen LogP) is 1.41. The minimum absolute atomic E-state index is 0.0998. The molecule has 10 heteroatoms. The van der Waals surface area contributed by atoms with Gasteiger partial charge in [-0.1, -0.05) is 23.7 Å². The number of hydrogen-bond donors (Lipinski definition) is 1. The Bertz CT molecular complexity index is 1250. The van der Waals surface area contributed by atoms with Crippen LogP contribution in [0.15, 0.2) is 32.2 Å². The Labute approximate surface area is 162 Å². The van der Waals surface area contributed by atoms with Crippen LogP contribution in [0.5, 0.6) is 0 Å². The van der Waals surface area contributed by atoms with Gasteiger partial charge >= 0.3 is 11.7 Å². The van der Waals surface area contributed by atoms with Gasteiger partial charge in [0, 0.05) is 25.0 Å². The summed E-state index contributed by atoms with van der Waals surface area (Å²) in [6, 6.07) is 5.06. The van der Waals surface area contributed by atoms with E-state index in [1.807, 2.05) is 0 Å². The van der Waals surface area contributed by atoms with Gasteiger partial charge in [-0.3, -0.25) is 18.7 Å². The summed E-state index contributed by atoms with van der Waals surface area (Å²) in [6.45, 7) is 0.905. The maximum atomic E-state index is 12.4. The SMILES string of the molecule is Cc1c(C(=O)OCC(=O)c2c(N)n(C)c(=O)n(C)c2=O)oc2c(Cl)cccc12. The summed E-state index contributed by atoms with van der Waals surface area (Å²) in [5.74, 6) is -2.13. The molecule has 2 N–H and O–H groups in total. The van der Waals surface area contributed by atoms with Crippen LogP contribution in [0.25, 0.3) is 11.0 Å². The summed E-state index contributed by atoms with van der Waals surface area (Å²) in [7, 11) is 2.54. The number of ether oxygens (including phenoxy) is 1. The maximum absolute atomic E-state index is 12.4. The molecule has 1 aromatic carbocycles. The fourth-order valence-electron chi connectivity index (χ4n) is 2.79. The number of furan rings is 1. The highest BCUT2D eigenvalue weighted by Crippen LogP contribution is 2.31. The molecule has 0 aliphatic rings. The number of esters is 1. The highest BCUT2D eigenvalue weighted by Gasteiger charge is 2.24. The second-order valence-corrected chi connectivity index (χ2v) is 6.55. The largest absolute Gasteiger partial charge is 0.451 e. The van der Waals surface area contributed by atoms with Gasteiger partial charge in [0.2, 0.25) is 11.5 Å². The number of hydrogen-bond acceptors (Lipinski definition) is 7. The zero-order valence-corrected chi connectivity index (χ0v) is 16.0. The van der Waals surface area contributed by atoms with Gasteiger partial charge in [-0.25, -0.2) is 9.59 Å². The van der Waals surface area contributed by atoms with Crippen molar-refractivity contribution in [1.82, 2.24) is 9.13 Å². The molecule has 0 amide bonds. The number of nitrogens with two attached hydrogens (primary N) is 1. The van der Waals surface area contributed by atoms with Gasteiger partial charge in [0.25, 0.3) is 5.56 Å². The standard InChI is InChI=1S/C18H16ClN3O6/c1-8-9-5-4-6-10(19)14(9)28-13(8)17(25)27-7-11(23)12-15(20)21(2)18(26)22(3)16(12)24/h4-6H,7,20H2,1-3H3. The van der Waals surface area contributed by atoms with Crippen molar-refractivity contribution in [1.29, 1.82) is 0 Å². The molecule has 0 spiro atoms. The third-order valence-corrected chi connectivity index (χ3v) is 4.72. The van der Waals surface area contributed by atoms with Crippen molar-refractivity contribution < 1.29 is 18.7 Å². The molecule has 0 atom stereocenters. The van der Waals surface area contributed by atoms with Gasteiger partial charge in [0.05, 0.1) is 5.02 Å². The Morgan fingerprint density at radius 3 is 2.54 bits per heavy atom. The lowest BCUT2D eigenvalue weighted by Gasteiger charge is -2.10. The van der Waals surface area contributed by atoms with Gasteiger partial charge < -0.3 is 14.9 Å². The van der Waals surface area contributed by atoms with Crippen molar-refractivity contribution in [2.45, 2.75) is 6.92 Å². The molecule has 146 valence electrons. The first-order chi connectivity index (χ1) is 13.1. The molecule has 0 fully saturated rings. The first kappa shape index (κ1) is 19.4. The van der Waals surface area contributed by atoms with E-state index in [4.69, 9.17) is 26.5 Å². The molecule has 0 saturated heterocycles. The van der Waals surface area contributed by atoms with Crippen LogP contribution in [0.2, 0.25) is 5.02 Å². The Morgan fingerprint density at radius 1 is 1.21 bits per heavy atom. The van der Waals surface area contributed by atoms with E-state index in [9.17, 15) is 19.2 Å². The molecule has 0 aliphatic carbocycles. The van der Waals surface area contributed by atoms with Gasteiger partial charge in [-0.2, -0.15) is 0 Å². The van der Waals surface area contributed by atoms with Crippen LogP contribution in [-0.2, 0) is 18.8 Å². The van der Waals surface area contributed by atoms with E-state index in [-0.39, 0.29) is 11.6 Å². The highest BCUT2D eigenvalue weighted by atomic mass is 35.5. The summed E-state index contributed by atoms with van der Waals surface area (Å²) in [6.07, 6.45) is 0. The van der Waals surface area contributed by atoms with E-state index in [0.29, 0.717) is 21.6 Å². The number of nitrogens with zero attached hydrogens (tertiary/aromatic N) is 2. The normalized spacial score (nSPS) is 11.0. The molecule has 9 nitrogen and oxygen atoms in total. The molecule has 0 aliphatic heterocycles. The maximum Gasteiger partial charge on any atom is 0.375 e. The van der Waals surface area contributed by atoms with Gasteiger partial charge in [-0.05, 0) is 13.0 Å². The fraction of sp³-hybridized carbons (Fsp3) is 0.222. The van der Waals surface area contributed by atoms with E-state index in [0.717, 1.165) is 9.13 Å². The molecule has 0 bridgehead atoms. The Balaban J connectivity index is 1.88. The van der Waals surface area contributed by atoms with E-state index >= 15 is 0 Å². The van der Waals surface area contributed by atoms with Crippen LogP contribution in [0.1, 0.15) is 26.5 Å². The number of nitrogen functional groups attached to an aromatic ring is 1. The lowest BCUT2D eigenvalue weighted by molar-refractivity contribution is 0.0444. The molecule has 0 radical (unpaired) electrons. The lowest BCUT2D eigenvalue weighted by Crippen LogP contribution is -2.42. The molecule has 0 saturated carbocycles. The highest BCUT2D eigenvalue weighted by molar-refractivity contribution is 6.35. The second kappa shape index (κ2) is 7.01. The zero-order valence-electron chi connectivity index (χ0n) is 15.2. The molecule has 28 heavy (non-hydrogen) atoms. The quantitative estimate of drug-likeness (QED) is 0.513. The summed E-state index contributed by atoms with van der Waals surface area (Å²) < 4.78 is 12.2. The number of benzene rings is 1. The second-order valence-electron chi connectivity index (χ2n) is 6.14. The van der Waals surface area contributed by atoms with Crippen molar-refractivity contribution in [2.24, 2.45) is 14.1 Å². The minimum Gasteiger partial charge on any atom is -0.451 e. The van der Waals surface area contributed by atoms with Crippen LogP contribution in [0.3, 0.4) is 0 Å².